The lowest BCUT2D eigenvalue weighted by Crippen LogP contribution is -2.71. The largest absolute Gasteiger partial charge is 0.391 e. The number of hydrogen-bond donors (Lipinski definition) is 1. The molecule has 1 aromatic carbocycles. The second-order valence-electron chi connectivity index (χ2n) is 10.4. The fourth-order valence-electron chi connectivity index (χ4n) is 4.87. The summed E-state index contributed by atoms with van der Waals surface area (Å²) in [6.45, 7) is 11.2. The van der Waals surface area contributed by atoms with Crippen LogP contribution in [0.25, 0.3) is 0 Å². The topological polar surface area (TPSA) is 91.3 Å². The van der Waals surface area contributed by atoms with Crippen molar-refractivity contribution in [3.63, 3.8) is 0 Å². The highest BCUT2D eigenvalue weighted by Gasteiger charge is 2.78. The Labute approximate surface area is 189 Å². The van der Waals surface area contributed by atoms with Crippen LogP contribution in [-0.4, -0.2) is 65.2 Å². The first-order valence-electron chi connectivity index (χ1n) is 10.4. The molecule has 7 nitrogen and oxygen atoms in total. The van der Waals surface area contributed by atoms with Gasteiger partial charge in [0.1, 0.15) is 12.2 Å². The van der Waals surface area contributed by atoms with Crippen molar-refractivity contribution in [1.29, 1.82) is 0 Å². The molecule has 0 saturated carbocycles. The molecule has 0 aromatic heterocycles. The molecule has 4 atom stereocenters. The molecule has 1 N–H and O–H groups in total. The average molecular weight is 495 g/mol. The van der Waals surface area contributed by atoms with Gasteiger partial charge in [0, 0.05) is 17.2 Å². The van der Waals surface area contributed by atoms with Crippen molar-refractivity contribution in [2.24, 2.45) is 0 Å². The molecule has 0 bridgehead atoms. The minimum Gasteiger partial charge on any atom is -0.391 e. The smallest absolute Gasteiger partial charge is 0.385 e. The molecule has 2 aliphatic rings. The van der Waals surface area contributed by atoms with Gasteiger partial charge < -0.3 is 23.4 Å². The Bertz CT molecular complexity index is 929. The summed E-state index contributed by atoms with van der Waals surface area (Å²) in [7, 11) is -7.61. The van der Waals surface area contributed by atoms with Gasteiger partial charge in [-0.25, -0.2) is 8.42 Å². The number of sulfone groups is 1. The normalized spacial score (nSPS) is 31.4. The molecule has 32 heavy (non-hydrogen) atoms. The van der Waals surface area contributed by atoms with E-state index in [1.165, 1.54) is 18.2 Å². The number of benzene rings is 1. The molecular formula is C21H32F2O7SSi. The molecule has 2 heterocycles. The van der Waals surface area contributed by atoms with E-state index in [-0.39, 0.29) is 6.61 Å². The van der Waals surface area contributed by atoms with Crippen molar-refractivity contribution >= 4 is 18.4 Å². The van der Waals surface area contributed by atoms with Gasteiger partial charge in [0.15, 0.2) is 6.29 Å². The summed E-state index contributed by atoms with van der Waals surface area (Å²) in [6.07, 6.45) is -4.76. The van der Waals surface area contributed by atoms with Crippen LogP contribution in [0.2, 0.25) is 10.1 Å². The SMILES string of the molecule is CO[C@@H]1O[C@@H]2CO[Si](C(C)(C)C)(C(C)(C)C)O[C@H]2[C@@]1(O)C(F)(F)S(=O)(=O)c1ccccc1. The molecule has 11 heteroatoms. The number of hydrogen-bond acceptors (Lipinski definition) is 7. The summed E-state index contributed by atoms with van der Waals surface area (Å²) in [6, 6.07) is 6.27. The maximum atomic E-state index is 15.9. The molecule has 2 fully saturated rings. The zero-order valence-electron chi connectivity index (χ0n) is 19.4. The Morgan fingerprint density at radius 1 is 1.09 bits per heavy atom. The first kappa shape index (κ1) is 25.7. The van der Waals surface area contributed by atoms with Gasteiger partial charge >= 0.3 is 13.8 Å². The van der Waals surface area contributed by atoms with Crippen molar-refractivity contribution in [3.05, 3.63) is 30.3 Å². The Balaban J connectivity index is 2.17. The minimum absolute atomic E-state index is 0.130. The van der Waals surface area contributed by atoms with Gasteiger partial charge in [-0.3, -0.25) is 0 Å². The van der Waals surface area contributed by atoms with Gasteiger partial charge in [0.05, 0.1) is 11.5 Å². The molecule has 0 radical (unpaired) electrons. The molecule has 0 amide bonds. The first-order valence-corrected chi connectivity index (χ1v) is 13.7. The van der Waals surface area contributed by atoms with Gasteiger partial charge in [0.2, 0.25) is 15.4 Å². The standard InChI is InChI=1S/C21H32F2O7SSi/c1-18(2,3)32(19(4,5)6)28-13-15-16(30-32)20(24,17(27-7)29-15)21(22,23)31(25,26)14-11-9-8-10-12-14/h8-12,15-17,24H,13H2,1-7H3/t15-,16-,17-,20+/m1/s1. The third kappa shape index (κ3) is 3.39. The second-order valence-corrected chi connectivity index (χ2v) is 17.1. The van der Waals surface area contributed by atoms with Crippen molar-refractivity contribution in [2.75, 3.05) is 13.7 Å². The highest BCUT2D eigenvalue weighted by molar-refractivity contribution is 7.92. The number of fused-ring (bicyclic) bond motifs is 1. The highest BCUT2D eigenvalue weighted by Crippen LogP contribution is 2.58. The van der Waals surface area contributed by atoms with Crippen LogP contribution in [-0.2, 0) is 28.2 Å². The van der Waals surface area contributed by atoms with E-state index in [9.17, 15) is 13.5 Å². The summed E-state index contributed by atoms with van der Waals surface area (Å²) in [5.74, 6) is 0. The van der Waals surface area contributed by atoms with Crippen LogP contribution in [0.15, 0.2) is 35.2 Å². The van der Waals surface area contributed by atoms with Crippen LogP contribution >= 0.6 is 0 Å². The average Bonchev–Trinajstić information content (AvgIpc) is 2.99. The van der Waals surface area contributed by atoms with Crippen LogP contribution in [0.3, 0.4) is 0 Å². The lowest BCUT2D eigenvalue weighted by Gasteiger charge is -2.54. The molecule has 2 aliphatic heterocycles. The van der Waals surface area contributed by atoms with E-state index < -0.39 is 62.7 Å². The number of methoxy groups -OCH3 is 1. The summed E-state index contributed by atoms with van der Waals surface area (Å²) in [5, 5.41) is 5.64. The fourth-order valence-corrected chi connectivity index (χ4v) is 11.3. The molecule has 182 valence electrons. The van der Waals surface area contributed by atoms with Crippen molar-refractivity contribution in [2.45, 2.75) is 85.9 Å². The van der Waals surface area contributed by atoms with E-state index in [4.69, 9.17) is 18.3 Å². The number of alkyl halides is 2. The lowest BCUT2D eigenvalue weighted by atomic mass is 9.95. The van der Waals surface area contributed by atoms with Crippen LogP contribution in [0.4, 0.5) is 8.78 Å². The van der Waals surface area contributed by atoms with Crippen molar-refractivity contribution in [3.8, 4) is 0 Å². The van der Waals surface area contributed by atoms with Crippen LogP contribution in [0.5, 0.6) is 0 Å². The predicted molar refractivity (Wildman–Crippen MR) is 115 cm³/mol. The van der Waals surface area contributed by atoms with Gasteiger partial charge in [-0.1, -0.05) is 59.7 Å². The minimum atomic E-state index is -5.33. The van der Waals surface area contributed by atoms with Gasteiger partial charge in [0.25, 0.3) is 0 Å². The number of ether oxygens (including phenoxy) is 2. The van der Waals surface area contributed by atoms with E-state index in [1.807, 2.05) is 41.5 Å². The molecule has 2 saturated heterocycles. The van der Waals surface area contributed by atoms with E-state index in [1.54, 1.807) is 0 Å². The van der Waals surface area contributed by atoms with E-state index >= 15 is 8.78 Å². The number of rotatable bonds is 4. The summed E-state index contributed by atoms with van der Waals surface area (Å²) in [5.41, 5.74) is -3.31. The number of aliphatic hydroxyl groups is 1. The van der Waals surface area contributed by atoms with Crippen LogP contribution in [0.1, 0.15) is 41.5 Å². The first-order chi connectivity index (χ1) is 14.5. The molecule has 0 unspecified atom stereocenters. The zero-order valence-corrected chi connectivity index (χ0v) is 21.2. The highest BCUT2D eigenvalue weighted by atomic mass is 32.2. The Morgan fingerprint density at radius 2 is 1.62 bits per heavy atom. The quantitative estimate of drug-likeness (QED) is 0.640. The van der Waals surface area contributed by atoms with Gasteiger partial charge in [-0.05, 0) is 12.1 Å². The van der Waals surface area contributed by atoms with Crippen LogP contribution < -0.4 is 0 Å². The molecular weight excluding hydrogens is 462 g/mol. The van der Waals surface area contributed by atoms with Crippen molar-refractivity contribution in [1.82, 2.24) is 0 Å². The Kier molecular flexibility index (Phi) is 6.25. The summed E-state index contributed by atoms with van der Waals surface area (Å²) >= 11 is 0. The zero-order chi connectivity index (χ0) is 24.4. The van der Waals surface area contributed by atoms with Crippen LogP contribution in [0, 0.1) is 0 Å². The maximum Gasteiger partial charge on any atom is 0.385 e. The maximum absolute atomic E-state index is 15.9. The molecule has 0 spiro atoms. The molecule has 0 aliphatic carbocycles. The Hall–Kier alpha value is -0.953. The summed E-state index contributed by atoms with van der Waals surface area (Å²) in [4.78, 5) is -0.626. The van der Waals surface area contributed by atoms with E-state index in [0.29, 0.717) is 0 Å². The predicted octanol–water partition coefficient (Wildman–Crippen LogP) is 3.61. The second kappa shape index (κ2) is 7.79. The summed E-state index contributed by atoms with van der Waals surface area (Å²) < 4.78 is 81.0. The third-order valence-electron chi connectivity index (χ3n) is 6.22. The fraction of sp³-hybridized carbons (Fsp3) is 0.714. The molecule has 3 rings (SSSR count). The Morgan fingerprint density at radius 3 is 2.09 bits per heavy atom. The third-order valence-corrected chi connectivity index (χ3v) is 13.2. The molecule has 1 aromatic rings. The van der Waals surface area contributed by atoms with Crippen molar-refractivity contribution < 1.29 is 40.6 Å². The van der Waals surface area contributed by atoms with Gasteiger partial charge in [-0.15, -0.1) is 0 Å². The lowest BCUT2D eigenvalue weighted by molar-refractivity contribution is -0.249. The monoisotopic (exact) mass is 494 g/mol. The van der Waals surface area contributed by atoms with E-state index in [0.717, 1.165) is 19.2 Å². The number of halogens is 2. The van der Waals surface area contributed by atoms with Gasteiger partial charge in [-0.2, -0.15) is 8.78 Å². The van der Waals surface area contributed by atoms with E-state index in [2.05, 4.69) is 0 Å².